The Labute approximate surface area is 117 Å². The molecular weight excluding hydrogens is 234 g/mol. The van der Waals surface area contributed by atoms with E-state index in [0.29, 0.717) is 24.5 Å². The van der Waals surface area contributed by atoms with Crippen molar-refractivity contribution >= 4 is 0 Å². The van der Waals surface area contributed by atoms with Crippen LogP contribution in [0.15, 0.2) is 24.3 Å². The first-order valence-corrected chi connectivity index (χ1v) is 7.56. The smallest absolute Gasteiger partial charge is 0.124 e. The van der Waals surface area contributed by atoms with E-state index in [9.17, 15) is 0 Å². The molecule has 2 nitrogen and oxygen atoms in total. The summed E-state index contributed by atoms with van der Waals surface area (Å²) >= 11 is 0. The van der Waals surface area contributed by atoms with E-state index in [1.165, 1.54) is 19.3 Å². The molecule has 2 N–H and O–H groups in total. The first-order chi connectivity index (χ1) is 9.11. The zero-order valence-electron chi connectivity index (χ0n) is 12.4. The highest BCUT2D eigenvalue weighted by Crippen LogP contribution is 2.36. The van der Waals surface area contributed by atoms with Gasteiger partial charge in [0, 0.05) is 12.1 Å². The number of hydrogen-bond acceptors (Lipinski definition) is 2. The molecule has 0 aromatic heterocycles. The lowest BCUT2D eigenvalue weighted by Gasteiger charge is -2.37. The maximum Gasteiger partial charge on any atom is 0.124 e. The lowest BCUT2D eigenvalue weighted by Crippen LogP contribution is -2.36. The Morgan fingerprint density at radius 2 is 2.00 bits per heavy atom. The average molecular weight is 261 g/mol. The fourth-order valence-corrected chi connectivity index (χ4v) is 3.20. The summed E-state index contributed by atoms with van der Waals surface area (Å²) in [4.78, 5) is 0. The normalized spacial score (nSPS) is 27.5. The van der Waals surface area contributed by atoms with E-state index < -0.39 is 0 Å². The molecule has 1 saturated carbocycles. The molecule has 3 atom stereocenters. The topological polar surface area (TPSA) is 35.2 Å². The van der Waals surface area contributed by atoms with E-state index in [1.807, 2.05) is 12.1 Å². The van der Waals surface area contributed by atoms with Gasteiger partial charge in [-0.05, 0) is 36.7 Å². The van der Waals surface area contributed by atoms with E-state index >= 15 is 0 Å². The van der Waals surface area contributed by atoms with Gasteiger partial charge in [-0.2, -0.15) is 0 Å². The highest BCUT2D eigenvalue weighted by Gasteiger charge is 2.32. The molecule has 1 fully saturated rings. The van der Waals surface area contributed by atoms with Crippen molar-refractivity contribution in [2.45, 2.75) is 52.7 Å². The van der Waals surface area contributed by atoms with E-state index in [0.717, 1.165) is 17.2 Å². The van der Waals surface area contributed by atoms with Crippen LogP contribution in [0.2, 0.25) is 0 Å². The molecular formula is C17H27NO. The van der Waals surface area contributed by atoms with Crippen LogP contribution in [0.5, 0.6) is 5.75 Å². The summed E-state index contributed by atoms with van der Waals surface area (Å²) in [6.45, 7) is 7.50. The Hall–Kier alpha value is -1.02. The van der Waals surface area contributed by atoms with Crippen LogP contribution in [-0.2, 0) is 6.54 Å². The van der Waals surface area contributed by atoms with Crippen molar-refractivity contribution in [2.24, 2.45) is 23.5 Å². The number of rotatable bonds is 4. The molecule has 0 radical (unpaired) electrons. The molecule has 1 aromatic carbocycles. The summed E-state index contributed by atoms with van der Waals surface area (Å²) in [6.07, 6.45) is 4.13. The second-order valence-electron chi connectivity index (χ2n) is 6.29. The van der Waals surface area contributed by atoms with Crippen molar-refractivity contribution in [3.8, 4) is 5.75 Å². The zero-order chi connectivity index (χ0) is 13.8. The van der Waals surface area contributed by atoms with Gasteiger partial charge in [0.2, 0.25) is 0 Å². The van der Waals surface area contributed by atoms with Crippen LogP contribution in [0.1, 0.15) is 45.6 Å². The first-order valence-electron chi connectivity index (χ1n) is 7.56. The minimum Gasteiger partial charge on any atom is -0.490 e. The number of ether oxygens (including phenoxy) is 1. The molecule has 0 spiro atoms. The van der Waals surface area contributed by atoms with Gasteiger partial charge in [-0.15, -0.1) is 0 Å². The summed E-state index contributed by atoms with van der Waals surface area (Å²) in [6, 6.07) is 8.18. The molecule has 2 rings (SSSR count). The summed E-state index contributed by atoms with van der Waals surface area (Å²) in [5, 5.41) is 0. The van der Waals surface area contributed by atoms with Gasteiger partial charge in [0.05, 0.1) is 0 Å². The first kappa shape index (κ1) is 14.4. The van der Waals surface area contributed by atoms with E-state index in [4.69, 9.17) is 10.5 Å². The molecule has 0 saturated heterocycles. The van der Waals surface area contributed by atoms with Crippen LogP contribution in [0, 0.1) is 17.8 Å². The Morgan fingerprint density at radius 1 is 1.26 bits per heavy atom. The fourth-order valence-electron chi connectivity index (χ4n) is 3.20. The highest BCUT2D eigenvalue weighted by molar-refractivity contribution is 5.33. The van der Waals surface area contributed by atoms with Crippen molar-refractivity contribution < 1.29 is 4.74 Å². The maximum atomic E-state index is 6.34. The summed E-state index contributed by atoms with van der Waals surface area (Å²) in [5.74, 6) is 3.10. The monoisotopic (exact) mass is 261 g/mol. The van der Waals surface area contributed by atoms with Crippen LogP contribution in [-0.4, -0.2) is 6.10 Å². The third kappa shape index (κ3) is 3.50. The van der Waals surface area contributed by atoms with Gasteiger partial charge in [-0.3, -0.25) is 0 Å². The Morgan fingerprint density at radius 3 is 2.68 bits per heavy atom. The molecule has 3 unspecified atom stereocenters. The quantitative estimate of drug-likeness (QED) is 0.889. The predicted octanol–water partition coefficient (Wildman–Crippen LogP) is 3.98. The molecule has 1 aromatic rings. The van der Waals surface area contributed by atoms with Crippen molar-refractivity contribution in [3.05, 3.63) is 29.8 Å². The summed E-state index contributed by atoms with van der Waals surface area (Å²) < 4.78 is 6.34. The van der Waals surface area contributed by atoms with Crippen LogP contribution in [0.25, 0.3) is 0 Å². The molecule has 1 aliphatic rings. The van der Waals surface area contributed by atoms with Crippen LogP contribution in [0.4, 0.5) is 0 Å². The largest absolute Gasteiger partial charge is 0.490 e. The molecule has 0 bridgehead atoms. The van der Waals surface area contributed by atoms with Gasteiger partial charge in [0.25, 0.3) is 0 Å². The standard InChI is InChI=1S/C17H27NO/c1-12(2)15-9-8-13(3)10-17(15)19-16-7-5-4-6-14(16)11-18/h4-7,12-13,15,17H,8-11,18H2,1-3H3. The third-order valence-corrected chi connectivity index (χ3v) is 4.43. The van der Waals surface area contributed by atoms with Gasteiger partial charge in [-0.1, -0.05) is 45.4 Å². The van der Waals surface area contributed by atoms with Crippen LogP contribution in [0.3, 0.4) is 0 Å². The minimum absolute atomic E-state index is 0.344. The summed E-state index contributed by atoms with van der Waals surface area (Å²) in [5.41, 5.74) is 6.91. The van der Waals surface area contributed by atoms with Crippen LogP contribution < -0.4 is 10.5 Å². The Balaban J connectivity index is 2.14. The van der Waals surface area contributed by atoms with E-state index in [-0.39, 0.29) is 0 Å². The van der Waals surface area contributed by atoms with Crippen molar-refractivity contribution in [1.82, 2.24) is 0 Å². The van der Waals surface area contributed by atoms with Gasteiger partial charge < -0.3 is 10.5 Å². The number of nitrogens with two attached hydrogens (primary N) is 1. The highest BCUT2D eigenvalue weighted by atomic mass is 16.5. The van der Waals surface area contributed by atoms with Crippen molar-refractivity contribution in [1.29, 1.82) is 0 Å². The van der Waals surface area contributed by atoms with Crippen molar-refractivity contribution in [3.63, 3.8) is 0 Å². The van der Waals surface area contributed by atoms with Gasteiger partial charge in [0.1, 0.15) is 11.9 Å². The molecule has 0 aliphatic heterocycles. The molecule has 106 valence electrons. The Bertz CT molecular complexity index is 402. The maximum absolute atomic E-state index is 6.34. The molecule has 2 heteroatoms. The second kappa shape index (κ2) is 6.42. The number of benzene rings is 1. The number of para-hydroxylation sites is 1. The fraction of sp³-hybridized carbons (Fsp3) is 0.647. The molecule has 0 heterocycles. The molecule has 1 aliphatic carbocycles. The average Bonchev–Trinajstić information content (AvgIpc) is 2.39. The van der Waals surface area contributed by atoms with Crippen LogP contribution >= 0.6 is 0 Å². The molecule has 19 heavy (non-hydrogen) atoms. The van der Waals surface area contributed by atoms with E-state index in [2.05, 4.69) is 32.9 Å². The van der Waals surface area contributed by atoms with Gasteiger partial charge >= 0.3 is 0 Å². The number of hydrogen-bond donors (Lipinski definition) is 1. The SMILES string of the molecule is CC1CCC(C(C)C)C(Oc2ccccc2CN)C1. The second-order valence-corrected chi connectivity index (χ2v) is 6.29. The predicted molar refractivity (Wildman–Crippen MR) is 80.1 cm³/mol. The van der Waals surface area contributed by atoms with Gasteiger partial charge in [0.15, 0.2) is 0 Å². The zero-order valence-corrected chi connectivity index (χ0v) is 12.4. The lowest BCUT2D eigenvalue weighted by molar-refractivity contribution is 0.0453. The molecule has 0 amide bonds. The van der Waals surface area contributed by atoms with E-state index in [1.54, 1.807) is 0 Å². The Kier molecular flexibility index (Phi) is 4.87. The summed E-state index contributed by atoms with van der Waals surface area (Å²) in [7, 11) is 0. The minimum atomic E-state index is 0.344. The van der Waals surface area contributed by atoms with Gasteiger partial charge in [-0.25, -0.2) is 0 Å². The third-order valence-electron chi connectivity index (χ3n) is 4.43. The van der Waals surface area contributed by atoms with Crippen molar-refractivity contribution in [2.75, 3.05) is 0 Å². The lowest BCUT2D eigenvalue weighted by atomic mass is 9.75.